The first-order chi connectivity index (χ1) is 9.49. The first kappa shape index (κ1) is 14.2. The molecule has 2 N–H and O–H groups in total. The SMILES string of the molecule is CNc1nc(NCCc2ccco2)cc(C(F)(F)F)n1. The standard InChI is InChI=1S/C12H13F3N4O/c1-16-11-18-9(12(13,14)15)7-10(19-11)17-5-4-8-3-2-6-20-8/h2-3,6-7H,4-5H2,1H3,(H2,16,17,18,19). The largest absolute Gasteiger partial charge is 0.469 e. The van der Waals surface area contributed by atoms with Crippen LogP contribution >= 0.6 is 0 Å². The fraction of sp³-hybridized carbons (Fsp3) is 0.333. The second-order valence-electron chi connectivity index (χ2n) is 3.97. The number of rotatable bonds is 5. The van der Waals surface area contributed by atoms with Crippen molar-refractivity contribution in [1.82, 2.24) is 9.97 Å². The predicted octanol–water partition coefficient (Wildman–Crippen LogP) is 2.78. The molecular formula is C12H13F3N4O. The van der Waals surface area contributed by atoms with Crippen molar-refractivity contribution in [3.8, 4) is 0 Å². The molecule has 0 unspecified atom stereocenters. The minimum absolute atomic E-state index is 0.0830. The summed E-state index contributed by atoms with van der Waals surface area (Å²) in [6.45, 7) is 0.408. The van der Waals surface area contributed by atoms with Crippen LogP contribution in [0.5, 0.6) is 0 Å². The molecule has 2 rings (SSSR count). The van der Waals surface area contributed by atoms with Crippen molar-refractivity contribution < 1.29 is 17.6 Å². The zero-order chi connectivity index (χ0) is 14.6. The van der Waals surface area contributed by atoms with Gasteiger partial charge in [-0.3, -0.25) is 0 Å². The van der Waals surface area contributed by atoms with Gasteiger partial charge in [-0.25, -0.2) is 4.98 Å². The van der Waals surface area contributed by atoms with E-state index in [0.717, 1.165) is 11.8 Å². The predicted molar refractivity (Wildman–Crippen MR) is 67.5 cm³/mol. The van der Waals surface area contributed by atoms with E-state index in [1.807, 2.05) is 0 Å². The van der Waals surface area contributed by atoms with E-state index in [0.29, 0.717) is 13.0 Å². The van der Waals surface area contributed by atoms with Gasteiger partial charge in [0, 0.05) is 26.1 Å². The number of halogens is 3. The second kappa shape index (κ2) is 5.81. The van der Waals surface area contributed by atoms with Crippen molar-refractivity contribution in [2.45, 2.75) is 12.6 Å². The zero-order valence-electron chi connectivity index (χ0n) is 10.7. The molecule has 0 saturated carbocycles. The summed E-state index contributed by atoms with van der Waals surface area (Å²) in [5.41, 5.74) is -0.989. The van der Waals surface area contributed by atoms with E-state index in [-0.39, 0.29) is 11.8 Å². The Bertz CT molecular complexity index is 554. The molecule has 0 bridgehead atoms. The van der Waals surface area contributed by atoms with Gasteiger partial charge in [-0.15, -0.1) is 0 Å². The van der Waals surface area contributed by atoms with Crippen molar-refractivity contribution in [2.24, 2.45) is 0 Å². The molecule has 0 aliphatic heterocycles. The number of anilines is 2. The molecule has 0 atom stereocenters. The summed E-state index contributed by atoms with van der Waals surface area (Å²) in [7, 11) is 1.46. The Morgan fingerprint density at radius 2 is 2.10 bits per heavy atom. The highest BCUT2D eigenvalue weighted by Gasteiger charge is 2.33. The van der Waals surface area contributed by atoms with Crippen molar-refractivity contribution in [3.63, 3.8) is 0 Å². The van der Waals surface area contributed by atoms with E-state index >= 15 is 0 Å². The van der Waals surface area contributed by atoms with Gasteiger partial charge in [-0.05, 0) is 12.1 Å². The maximum atomic E-state index is 12.7. The van der Waals surface area contributed by atoms with Crippen LogP contribution in [-0.4, -0.2) is 23.6 Å². The van der Waals surface area contributed by atoms with E-state index in [1.54, 1.807) is 18.4 Å². The number of hydrogen-bond acceptors (Lipinski definition) is 5. The molecule has 20 heavy (non-hydrogen) atoms. The fourth-order valence-corrected chi connectivity index (χ4v) is 1.56. The molecule has 0 radical (unpaired) electrons. The zero-order valence-corrected chi connectivity index (χ0v) is 10.7. The van der Waals surface area contributed by atoms with Crippen LogP contribution in [0, 0.1) is 0 Å². The highest BCUT2D eigenvalue weighted by Crippen LogP contribution is 2.29. The molecule has 0 fully saturated rings. The third kappa shape index (κ3) is 3.62. The molecule has 0 aliphatic carbocycles. The van der Waals surface area contributed by atoms with Crippen LogP contribution in [0.1, 0.15) is 11.5 Å². The Hall–Kier alpha value is -2.25. The Labute approximate surface area is 113 Å². The van der Waals surface area contributed by atoms with Gasteiger partial charge in [0.05, 0.1) is 6.26 Å². The normalized spacial score (nSPS) is 11.4. The molecule has 108 valence electrons. The van der Waals surface area contributed by atoms with E-state index in [4.69, 9.17) is 4.42 Å². The number of nitrogens with zero attached hydrogens (tertiary/aromatic N) is 2. The molecule has 0 aromatic carbocycles. The van der Waals surface area contributed by atoms with Crippen molar-refractivity contribution in [3.05, 3.63) is 35.9 Å². The molecule has 0 aliphatic rings. The average molecular weight is 286 g/mol. The van der Waals surface area contributed by atoms with Crippen LogP contribution in [0.2, 0.25) is 0 Å². The quantitative estimate of drug-likeness (QED) is 0.885. The smallest absolute Gasteiger partial charge is 0.433 e. The Kier molecular flexibility index (Phi) is 4.11. The first-order valence-corrected chi connectivity index (χ1v) is 5.89. The lowest BCUT2D eigenvalue weighted by Gasteiger charge is -2.11. The van der Waals surface area contributed by atoms with E-state index < -0.39 is 11.9 Å². The van der Waals surface area contributed by atoms with E-state index in [2.05, 4.69) is 20.6 Å². The van der Waals surface area contributed by atoms with Crippen LogP contribution in [0.4, 0.5) is 24.9 Å². The number of furan rings is 1. The molecule has 0 amide bonds. The summed E-state index contributed by atoms with van der Waals surface area (Å²) in [6.07, 6.45) is -2.42. The molecular weight excluding hydrogens is 273 g/mol. The number of aromatic nitrogens is 2. The maximum Gasteiger partial charge on any atom is 0.433 e. The maximum absolute atomic E-state index is 12.7. The van der Waals surface area contributed by atoms with Crippen LogP contribution in [-0.2, 0) is 12.6 Å². The van der Waals surface area contributed by atoms with Crippen molar-refractivity contribution >= 4 is 11.8 Å². The lowest BCUT2D eigenvalue weighted by atomic mass is 10.3. The molecule has 2 aromatic heterocycles. The van der Waals surface area contributed by atoms with Gasteiger partial charge in [0.1, 0.15) is 11.6 Å². The van der Waals surface area contributed by atoms with Crippen molar-refractivity contribution in [1.29, 1.82) is 0 Å². The Balaban J connectivity index is 2.06. The van der Waals surface area contributed by atoms with Crippen LogP contribution in [0.15, 0.2) is 28.9 Å². The van der Waals surface area contributed by atoms with E-state index in [1.165, 1.54) is 7.05 Å². The minimum atomic E-state index is -4.51. The molecule has 0 spiro atoms. The summed E-state index contributed by atoms with van der Waals surface area (Å²) in [6, 6.07) is 4.42. The molecule has 5 nitrogen and oxygen atoms in total. The summed E-state index contributed by atoms with van der Waals surface area (Å²) in [5.74, 6) is 0.778. The summed E-state index contributed by atoms with van der Waals surface area (Å²) < 4.78 is 43.1. The summed E-state index contributed by atoms with van der Waals surface area (Å²) >= 11 is 0. The lowest BCUT2D eigenvalue weighted by Crippen LogP contribution is -2.14. The Morgan fingerprint density at radius 3 is 2.70 bits per heavy atom. The number of alkyl halides is 3. The summed E-state index contributed by atoms with van der Waals surface area (Å²) in [5, 5.41) is 5.32. The fourth-order valence-electron chi connectivity index (χ4n) is 1.56. The van der Waals surface area contributed by atoms with Crippen LogP contribution < -0.4 is 10.6 Å². The van der Waals surface area contributed by atoms with Crippen LogP contribution in [0.25, 0.3) is 0 Å². The highest BCUT2D eigenvalue weighted by molar-refractivity contribution is 5.42. The highest BCUT2D eigenvalue weighted by atomic mass is 19.4. The monoisotopic (exact) mass is 286 g/mol. The first-order valence-electron chi connectivity index (χ1n) is 5.89. The van der Waals surface area contributed by atoms with Gasteiger partial charge in [0.2, 0.25) is 5.95 Å². The third-order valence-electron chi connectivity index (χ3n) is 2.50. The van der Waals surface area contributed by atoms with Gasteiger partial charge in [0.25, 0.3) is 0 Å². The topological polar surface area (TPSA) is 63.0 Å². The van der Waals surface area contributed by atoms with Gasteiger partial charge in [0.15, 0.2) is 5.69 Å². The van der Waals surface area contributed by atoms with Gasteiger partial charge in [-0.1, -0.05) is 0 Å². The summed E-state index contributed by atoms with van der Waals surface area (Å²) in [4.78, 5) is 7.30. The Morgan fingerprint density at radius 1 is 1.30 bits per heavy atom. The lowest BCUT2D eigenvalue weighted by molar-refractivity contribution is -0.141. The van der Waals surface area contributed by atoms with Gasteiger partial charge < -0.3 is 15.1 Å². The molecule has 2 aromatic rings. The third-order valence-corrected chi connectivity index (χ3v) is 2.50. The number of hydrogen-bond donors (Lipinski definition) is 2. The average Bonchev–Trinajstić information content (AvgIpc) is 2.90. The molecule has 2 heterocycles. The van der Waals surface area contributed by atoms with Gasteiger partial charge >= 0.3 is 6.18 Å². The van der Waals surface area contributed by atoms with Crippen molar-refractivity contribution in [2.75, 3.05) is 24.2 Å². The van der Waals surface area contributed by atoms with Crippen LogP contribution in [0.3, 0.4) is 0 Å². The van der Waals surface area contributed by atoms with Gasteiger partial charge in [-0.2, -0.15) is 18.2 Å². The molecule has 0 saturated heterocycles. The second-order valence-corrected chi connectivity index (χ2v) is 3.97. The number of nitrogens with one attached hydrogen (secondary N) is 2. The minimum Gasteiger partial charge on any atom is -0.469 e. The van der Waals surface area contributed by atoms with E-state index in [9.17, 15) is 13.2 Å². The molecule has 8 heteroatoms.